The highest BCUT2D eigenvalue weighted by atomic mass is 16.3. The van der Waals surface area contributed by atoms with Crippen molar-refractivity contribution in [2.75, 3.05) is 6.61 Å². The zero-order valence-electron chi connectivity index (χ0n) is 17.9. The van der Waals surface area contributed by atoms with E-state index in [0.29, 0.717) is 6.42 Å². The Morgan fingerprint density at radius 3 is 1.79 bits per heavy atom. The van der Waals surface area contributed by atoms with E-state index < -0.39 is 18.3 Å². The first kappa shape index (κ1) is 24.4. The Morgan fingerprint density at radius 1 is 0.931 bits per heavy atom. The van der Waals surface area contributed by atoms with Gasteiger partial charge in [0, 0.05) is 12.0 Å². The minimum absolute atomic E-state index is 0.106. The van der Waals surface area contributed by atoms with Crippen LogP contribution in [0.15, 0.2) is 54.6 Å². The van der Waals surface area contributed by atoms with E-state index in [9.17, 15) is 14.4 Å². The average Bonchev–Trinajstić information content (AvgIpc) is 3.55. The van der Waals surface area contributed by atoms with Crippen molar-refractivity contribution >= 4 is 17.3 Å². The topological polar surface area (TPSA) is 71.4 Å². The third-order valence-electron chi connectivity index (χ3n) is 4.73. The molecular weight excluding hydrogens is 364 g/mol. The van der Waals surface area contributed by atoms with Gasteiger partial charge in [-0.1, -0.05) is 81.3 Å². The summed E-state index contributed by atoms with van der Waals surface area (Å²) in [6.07, 6.45) is 3.33. The molecular formula is C25H32O4. The number of rotatable bonds is 6. The molecule has 0 bridgehead atoms. The number of aliphatic hydroxyl groups is 1. The Morgan fingerprint density at radius 2 is 1.41 bits per heavy atom. The fourth-order valence-corrected chi connectivity index (χ4v) is 2.32. The van der Waals surface area contributed by atoms with E-state index in [1.54, 1.807) is 13.8 Å². The van der Waals surface area contributed by atoms with Crippen molar-refractivity contribution in [2.24, 2.45) is 11.8 Å². The second-order valence-electron chi connectivity index (χ2n) is 7.35. The maximum atomic E-state index is 11.1. The molecule has 1 aliphatic rings. The van der Waals surface area contributed by atoms with Crippen molar-refractivity contribution in [1.29, 1.82) is 0 Å². The third-order valence-corrected chi connectivity index (χ3v) is 4.73. The lowest BCUT2D eigenvalue weighted by atomic mass is 10.0. The maximum absolute atomic E-state index is 11.1. The van der Waals surface area contributed by atoms with Crippen molar-refractivity contribution < 1.29 is 19.5 Å². The zero-order valence-corrected chi connectivity index (χ0v) is 17.9. The van der Waals surface area contributed by atoms with Crippen molar-refractivity contribution in [1.82, 2.24) is 0 Å². The molecule has 29 heavy (non-hydrogen) atoms. The van der Waals surface area contributed by atoms with Crippen LogP contribution in [0.1, 0.15) is 57.3 Å². The fourth-order valence-electron chi connectivity index (χ4n) is 2.32. The van der Waals surface area contributed by atoms with E-state index in [1.165, 1.54) is 25.3 Å². The quantitative estimate of drug-likeness (QED) is 0.542. The van der Waals surface area contributed by atoms with Gasteiger partial charge in [-0.25, -0.2) is 0 Å². The normalized spacial score (nSPS) is 13.1. The van der Waals surface area contributed by atoms with E-state index in [1.807, 2.05) is 42.5 Å². The van der Waals surface area contributed by atoms with Crippen LogP contribution in [0.3, 0.4) is 0 Å². The van der Waals surface area contributed by atoms with Gasteiger partial charge in [-0.3, -0.25) is 14.4 Å². The van der Waals surface area contributed by atoms with Crippen molar-refractivity contribution in [2.45, 2.75) is 47.0 Å². The molecule has 3 rings (SSSR count). The molecule has 0 amide bonds. The third kappa shape index (κ3) is 9.44. The van der Waals surface area contributed by atoms with Gasteiger partial charge < -0.3 is 5.11 Å². The number of benzene rings is 2. The van der Waals surface area contributed by atoms with Crippen LogP contribution in [-0.4, -0.2) is 29.1 Å². The molecule has 0 radical (unpaired) electrons. The SMILES string of the molecule is CC(=O)c1ccc(-c2ccccc2)cc1.CC1CC1.CCC(=O)C(C)C(=O)CO. The summed E-state index contributed by atoms with van der Waals surface area (Å²) in [7, 11) is 0. The summed E-state index contributed by atoms with van der Waals surface area (Å²) in [5.41, 5.74) is 3.07. The molecule has 4 heteroatoms. The fraction of sp³-hybridized carbons (Fsp3) is 0.400. The molecule has 2 aromatic rings. The Bertz CT molecular complexity index is 758. The minimum atomic E-state index is -0.630. The Kier molecular flexibility index (Phi) is 10.8. The van der Waals surface area contributed by atoms with Gasteiger partial charge in [0.15, 0.2) is 11.6 Å². The van der Waals surface area contributed by atoms with Crippen LogP contribution in [0.2, 0.25) is 0 Å². The molecule has 0 aliphatic heterocycles. The number of Topliss-reactive ketones (excluding diaryl/α,β-unsaturated/α-hetero) is 3. The van der Waals surface area contributed by atoms with Crippen LogP contribution in [0.5, 0.6) is 0 Å². The van der Waals surface area contributed by atoms with E-state index in [-0.39, 0.29) is 11.6 Å². The van der Waals surface area contributed by atoms with Crippen molar-refractivity contribution in [3.8, 4) is 11.1 Å². The van der Waals surface area contributed by atoms with Crippen LogP contribution in [0, 0.1) is 11.8 Å². The molecule has 1 saturated carbocycles. The number of carbonyl (C=O) groups excluding carboxylic acids is 3. The zero-order chi connectivity index (χ0) is 21.8. The number of carbonyl (C=O) groups is 3. The molecule has 1 atom stereocenters. The first-order valence-corrected chi connectivity index (χ1v) is 10.1. The lowest BCUT2D eigenvalue weighted by Gasteiger charge is -2.03. The van der Waals surface area contributed by atoms with Gasteiger partial charge in [0.2, 0.25) is 0 Å². The molecule has 1 unspecified atom stereocenters. The summed E-state index contributed by atoms with van der Waals surface area (Å²) in [4.78, 5) is 32.5. The highest BCUT2D eigenvalue weighted by Gasteiger charge is 2.17. The Balaban J connectivity index is 0.000000258. The van der Waals surface area contributed by atoms with Crippen molar-refractivity contribution in [3.05, 3.63) is 60.2 Å². The summed E-state index contributed by atoms with van der Waals surface area (Å²) < 4.78 is 0. The molecule has 1 aliphatic carbocycles. The van der Waals surface area contributed by atoms with E-state index >= 15 is 0 Å². The summed E-state index contributed by atoms with van der Waals surface area (Å²) >= 11 is 0. The number of aliphatic hydroxyl groups excluding tert-OH is 1. The first-order chi connectivity index (χ1) is 13.8. The Labute approximate surface area is 174 Å². The predicted octanol–water partition coefficient (Wildman–Crippen LogP) is 5.14. The number of hydrogen-bond donors (Lipinski definition) is 1. The highest BCUT2D eigenvalue weighted by Crippen LogP contribution is 2.26. The molecule has 1 N–H and O–H groups in total. The van der Waals surface area contributed by atoms with E-state index in [2.05, 4.69) is 19.1 Å². The Hall–Kier alpha value is -2.59. The van der Waals surface area contributed by atoms with Crippen LogP contribution in [0.4, 0.5) is 0 Å². The van der Waals surface area contributed by atoms with Crippen LogP contribution >= 0.6 is 0 Å². The number of hydrogen-bond acceptors (Lipinski definition) is 4. The first-order valence-electron chi connectivity index (χ1n) is 10.1. The lowest BCUT2D eigenvalue weighted by molar-refractivity contribution is -0.133. The maximum Gasteiger partial charge on any atom is 0.168 e. The van der Waals surface area contributed by atoms with Gasteiger partial charge in [0.1, 0.15) is 12.4 Å². The van der Waals surface area contributed by atoms with Crippen LogP contribution < -0.4 is 0 Å². The molecule has 0 aromatic heterocycles. The van der Waals surface area contributed by atoms with Gasteiger partial charge in [0.25, 0.3) is 0 Å². The van der Waals surface area contributed by atoms with Gasteiger partial charge >= 0.3 is 0 Å². The monoisotopic (exact) mass is 396 g/mol. The highest BCUT2D eigenvalue weighted by molar-refractivity contribution is 6.02. The van der Waals surface area contributed by atoms with Crippen molar-refractivity contribution in [3.63, 3.8) is 0 Å². The molecule has 4 nitrogen and oxygen atoms in total. The molecule has 2 aromatic carbocycles. The molecule has 156 valence electrons. The van der Waals surface area contributed by atoms with Gasteiger partial charge in [-0.05, 0) is 30.9 Å². The second-order valence-corrected chi connectivity index (χ2v) is 7.35. The van der Waals surface area contributed by atoms with Gasteiger partial charge in [0.05, 0.1) is 5.92 Å². The standard InChI is InChI=1S/C14H12O.C7H12O3.C4H8/c1-11(15)12-7-9-14(10-8-12)13-5-3-2-4-6-13;1-3-6(9)5(2)7(10)4-8;1-4-2-3-4/h2-10H,1H3;5,8H,3-4H2,1-2H3;4H,2-3H2,1H3. The molecule has 0 saturated heterocycles. The summed E-state index contributed by atoms with van der Waals surface area (Å²) in [5.74, 6) is 0.0514. The van der Waals surface area contributed by atoms with Gasteiger partial charge in [-0.15, -0.1) is 0 Å². The lowest BCUT2D eigenvalue weighted by Crippen LogP contribution is -2.22. The van der Waals surface area contributed by atoms with E-state index in [0.717, 1.165) is 17.0 Å². The summed E-state index contributed by atoms with van der Waals surface area (Å²) in [5, 5.41) is 8.35. The minimum Gasteiger partial charge on any atom is -0.389 e. The smallest absolute Gasteiger partial charge is 0.168 e. The average molecular weight is 397 g/mol. The van der Waals surface area contributed by atoms with Crippen LogP contribution in [0.25, 0.3) is 11.1 Å². The predicted molar refractivity (Wildman–Crippen MR) is 117 cm³/mol. The number of ketones is 3. The second kappa shape index (κ2) is 12.8. The summed E-state index contributed by atoms with van der Waals surface area (Å²) in [6.45, 7) is 6.54. The largest absolute Gasteiger partial charge is 0.389 e. The molecule has 0 spiro atoms. The molecule has 1 fully saturated rings. The molecule has 0 heterocycles. The van der Waals surface area contributed by atoms with Crippen LogP contribution in [-0.2, 0) is 9.59 Å². The van der Waals surface area contributed by atoms with E-state index in [4.69, 9.17) is 5.11 Å². The van der Waals surface area contributed by atoms with Gasteiger partial charge in [-0.2, -0.15) is 0 Å². The summed E-state index contributed by atoms with van der Waals surface area (Å²) in [6, 6.07) is 17.8.